The van der Waals surface area contributed by atoms with Crippen LogP contribution in [-0.2, 0) is 9.59 Å². The molecular formula is C11H12INO4. The maximum atomic E-state index is 10.8. The van der Waals surface area contributed by atoms with Crippen molar-refractivity contribution in [3.63, 3.8) is 0 Å². The molecule has 1 aromatic carbocycles. The van der Waals surface area contributed by atoms with E-state index < -0.39 is 17.9 Å². The Balaban J connectivity index is 2.57. The fourth-order valence-electron chi connectivity index (χ4n) is 1.16. The number of carboxylic acid groups (broad SMARTS) is 1. The normalized spacial score (nSPS) is 11.6. The molecule has 0 fully saturated rings. The highest BCUT2D eigenvalue weighted by atomic mass is 127. The molecule has 1 atom stereocenters. The molecule has 0 aromatic heterocycles. The van der Waals surface area contributed by atoms with Crippen molar-refractivity contribution in [1.82, 2.24) is 5.32 Å². The topological polar surface area (TPSA) is 75.6 Å². The molecule has 0 radical (unpaired) electrons. The highest BCUT2D eigenvalue weighted by molar-refractivity contribution is 14.1. The molecule has 92 valence electrons. The number of nitrogens with one attached hydrogen (secondary N) is 1. The molecule has 1 unspecified atom stereocenters. The smallest absolute Gasteiger partial charge is 0.329 e. The molecule has 0 bridgehead atoms. The molecule has 2 N–H and O–H groups in total. The summed E-state index contributed by atoms with van der Waals surface area (Å²) in [6, 6.07) is 6.19. The molecule has 1 aromatic rings. The number of hydrogen-bond acceptors (Lipinski definition) is 3. The third-order valence-electron chi connectivity index (χ3n) is 1.89. The van der Waals surface area contributed by atoms with Crippen molar-refractivity contribution >= 4 is 34.5 Å². The van der Waals surface area contributed by atoms with Gasteiger partial charge in [-0.15, -0.1) is 0 Å². The summed E-state index contributed by atoms with van der Waals surface area (Å²) in [5.74, 6) is -0.942. The van der Waals surface area contributed by atoms with Crippen LogP contribution in [-0.4, -0.2) is 29.6 Å². The molecule has 0 saturated heterocycles. The number of hydrogen-bond donors (Lipinski definition) is 2. The lowest BCUT2D eigenvalue weighted by atomic mass is 10.3. The van der Waals surface area contributed by atoms with Crippen LogP contribution in [0.3, 0.4) is 0 Å². The molecule has 1 amide bonds. The molecule has 0 aliphatic carbocycles. The Bertz CT molecular complexity index is 422. The highest BCUT2D eigenvalue weighted by Crippen LogP contribution is 2.14. The second-order valence-electron chi connectivity index (χ2n) is 3.36. The van der Waals surface area contributed by atoms with Gasteiger partial charge in [-0.2, -0.15) is 0 Å². The second kappa shape index (κ2) is 6.43. The molecule has 6 heteroatoms. The highest BCUT2D eigenvalue weighted by Gasteiger charge is 2.18. The third-order valence-corrected chi connectivity index (χ3v) is 2.56. The summed E-state index contributed by atoms with van der Waals surface area (Å²) < 4.78 is 6.30. The summed E-state index contributed by atoms with van der Waals surface area (Å²) in [7, 11) is 0. The Kier molecular flexibility index (Phi) is 5.20. The van der Waals surface area contributed by atoms with E-state index in [1.807, 2.05) is 12.1 Å². The van der Waals surface area contributed by atoms with E-state index in [0.29, 0.717) is 5.75 Å². The maximum Gasteiger partial charge on any atom is 0.329 e. The summed E-state index contributed by atoms with van der Waals surface area (Å²) >= 11 is 2.13. The molecule has 5 nitrogen and oxygen atoms in total. The van der Waals surface area contributed by atoms with Gasteiger partial charge < -0.3 is 15.2 Å². The number of aliphatic carboxylic acids is 1. The SMILES string of the molecule is CC(=O)NC(COc1cccc(I)c1)C(=O)O. The number of carboxylic acids is 1. The lowest BCUT2D eigenvalue weighted by Crippen LogP contribution is -2.43. The van der Waals surface area contributed by atoms with Crippen molar-refractivity contribution in [2.75, 3.05) is 6.61 Å². The molecule has 0 aliphatic heterocycles. The zero-order chi connectivity index (χ0) is 12.8. The minimum absolute atomic E-state index is 0.102. The van der Waals surface area contributed by atoms with Crippen LogP contribution in [0.5, 0.6) is 5.75 Å². The van der Waals surface area contributed by atoms with Gasteiger partial charge in [-0.3, -0.25) is 4.79 Å². The lowest BCUT2D eigenvalue weighted by Gasteiger charge is -2.14. The first-order valence-corrected chi connectivity index (χ1v) is 5.95. The standard InChI is InChI=1S/C11H12INO4/c1-7(14)13-10(11(15)16)6-17-9-4-2-3-8(12)5-9/h2-5,10H,6H2,1H3,(H,13,14)(H,15,16). The predicted octanol–water partition coefficient (Wildman–Crippen LogP) is 1.26. The summed E-state index contributed by atoms with van der Waals surface area (Å²) in [6.07, 6.45) is 0. The average molecular weight is 349 g/mol. The Morgan fingerprint density at radius 1 is 1.53 bits per heavy atom. The van der Waals surface area contributed by atoms with E-state index >= 15 is 0 Å². The van der Waals surface area contributed by atoms with E-state index in [0.717, 1.165) is 3.57 Å². The number of carbonyl (C=O) groups excluding carboxylic acids is 1. The Morgan fingerprint density at radius 3 is 2.76 bits per heavy atom. The molecule has 0 aliphatic rings. The van der Waals surface area contributed by atoms with Crippen molar-refractivity contribution in [3.8, 4) is 5.75 Å². The quantitative estimate of drug-likeness (QED) is 0.785. The largest absolute Gasteiger partial charge is 0.491 e. The van der Waals surface area contributed by atoms with Crippen LogP contribution < -0.4 is 10.1 Å². The number of halogens is 1. The van der Waals surface area contributed by atoms with Crippen molar-refractivity contribution in [3.05, 3.63) is 27.8 Å². The van der Waals surface area contributed by atoms with Gasteiger partial charge in [0.15, 0.2) is 6.04 Å². The van der Waals surface area contributed by atoms with E-state index in [2.05, 4.69) is 27.9 Å². The monoisotopic (exact) mass is 349 g/mol. The number of carbonyl (C=O) groups is 2. The van der Waals surface area contributed by atoms with Crippen LogP contribution in [0.1, 0.15) is 6.92 Å². The Labute approximate surface area is 112 Å². The fourth-order valence-corrected chi connectivity index (χ4v) is 1.67. The van der Waals surface area contributed by atoms with Gasteiger partial charge >= 0.3 is 5.97 Å². The minimum Gasteiger partial charge on any atom is -0.491 e. The summed E-state index contributed by atoms with van der Waals surface area (Å²) in [6.45, 7) is 1.16. The summed E-state index contributed by atoms with van der Waals surface area (Å²) in [5, 5.41) is 11.2. The minimum atomic E-state index is -1.12. The van der Waals surface area contributed by atoms with Gasteiger partial charge in [0.05, 0.1) is 0 Å². The van der Waals surface area contributed by atoms with Gasteiger partial charge in [0.1, 0.15) is 12.4 Å². The Hall–Kier alpha value is -1.31. The van der Waals surface area contributed by atoms with E-state index in [9.17, 15) is 9.59 Å². The second-order valence-corrected chi connectivity index (χ2v) is 4.61. The molecule has 0 spiro atoms. The van der Waals surface area contributed by atoms with Gasteiger partial charge in [0.25, 0.3) is 0 Å². The first kappa shape index (κ1) is 13.8. The van der Waals surface area contributed by atoms with E-state index in [1.54, 1.807) is 12.1 Å². The zero-order valence-electron chi connectivity index (χ0n) is 9.14. The fraction of sp³-hybridized carbons (Fsp3) is 0.273. The zero-order valence-corrected chi connectivity index (χ0v) is 11.3. The average Bonchev–Trinajstić information content (AvgIpc) is 2.23. The first-order chi connectivity index (χ1) is 7.99. The third kappa shape index (κ3) is 5.03. The first-order valence-electron chi connectivity index (χ1n) is 4.87. The molecule has 17 heavy (non-hydrogen) atoms. The van der Waals surface area contributed by atoms with Crippen LogP contribution >= 0.6 is 22.6 Å². The molecule has 1 rings (SSSR count). The summed E-state index contributed by atoms with van der Waals surface area (Å²) in [4.78, 5) is 21.6. The van der Waals surface area contributed by atoms with Crippen molar-refractivity contribution in [1.29, 1.82) is 0 Å². The van der Waals surface area contributed by atoms with Gasteiger partial charge in [-0.25, -0.2) is 4.79 Å². The number of benzene rings is 1. The van der Waals surface area contributed by atoms with Gasteiger partial charge in [-0.1, -0.05) is 6.07 Å². The molecule has 0 saturated carbocycles. The number of ether oxygens (including phenoxy) is 1. The van der Waals surface area contributed by atoms with Gasteiger partial charge in [0, 0.05) is 10.5 Å². The van der Waals surface area contributed by atoms with E-state index in [1.165, 1.54) is 6.92 Å². The van der Waals surface area contributed by atoms with Crippen LogP contribution in [0.4, 0.5) is 0 Å². The van der Waals surface area contributed by atoms with Crippen molar-refractivity contribution < 1.29 is 19.4 Å². The van der Waals surface area contributed by atoms with Crippen LogP contribution in [0.2, 0.25) is 0 Å². The Morgan fingerprint density at radius 2 is 2.24 bits per heavy atom. The van der Waals surface area contributed by atoms with Crippen LogP contribution in [0.15, 0.2) is 24.3 Å². The maximum absolute atomic E-state index is 10.8. The van der Waals surface area contributed by atoms with E-state index in [4.69, 9.17) is 9.84 Å². The van der Waals surface area contributed by atoms with Crippen molar-refractivity contribution in [2.24, 2.45) is 0 Å². The molecule has 0 heterocycles. The van der Waals surface area contributed by atoms with Crippen LogP contribution in [0, 0.1) is 3.57 Å². The summed E-state index contributed by atoms with van der Waals surface area (Å²) in [5.41, 5.74) is 0. The van der Waals surface area contributed by atoms with Crippen molar-refractivity contribution in [2.45, 2.75) is 13.0 Å². The van der Waals surface area contributed by atoms with Gasteiger partial charge in [0.2, 0.25) is 5.91 Å². The lowest BCUT2D eigenvalue weighted by molar-refractivity contribution is -0.142. The predicted molar refractivity (Wildman–Crippen MR) is 69.9 cm³/mol. The number of rotatable bonds is 5. The molecular weight excluding hydrogens is 337 g/mol. The number of amides is 1. The van der Waals surface area contributed by atoms with E-state index in [-0.39, 0.29) is 6.61 Å². The van der Waals surface area contributed by atoms with Gasteiger partial charge in [-0.05, 0) is 40.8 Å². The van der Waals surface area contributed by atoms with Crippen LogP contribution in [0.25, 0.3) is 0 Å².